The van der Waals surface area contributed by atoms with Crippen LogP contribution in [0.3, 0.4) is 0 Å². The molecule has 0 amide bonds. The minimum Gasteiger partial charge on any atom is -0.382 e. The topological polar surface area (TPSA) is 24.1 Å². The summed E-state index contributed by atoms with van der Waals surface area (Å²) in [5, 5.41) is 6.85. The van der Waals surface area contributed by atoms with E-state index in [1.165, 1.54) is 43.4 Å². The zero-order valence-electron chi connectivity index (χ0n) is 10.1. The predicted octanol–water partition coefficient (Wildman–Crippen LogP) is 2.80. The molecule has 1 aromatic carbocycles. The Labute approximate surface area is 98.4 Å². The first-order valence-electron chi connectivity index (χ1n) is 6.39. The Balaban J connectivity index is 1.79. The number of rotatable bonds is 5. The third kappa shape index (κ3) is 2.99. The molecule has 2 nitrogen and oxygen atoms in total. The highest BCUT2D eigenvalue weighted by Crippen LogP contribution is 2.26. The van der Waals surface area contributed by atoms with Crippen LogP contribution in [0, 0.1) is 0 Å². The van der Waals surface area contributed by atoms with Crippen molar-refractivity contribution in [3.63, 3.8) is 0 Å². The lowest BCUT2D eigenvalue weighted by atomic mass is 9.95. The van der Waals surface area contributed by atoms with Crippen molar-refractivity contribution in [2.75, 3.05) is 18.9 Å². The number of fused-ring (bicyclic) bond motifs is 1. The van der Waals surface area contributed by atoms with Gasteiger partial charge in [0.15, 0.2) is 0 Å². The van der Waals surface area contributed by atoms with E-state index in [2.05, 4.69) is 34.9 Å². The first-order valence-corrected chi connectivity index (χ1v) is 6.39. The lowest BCUT2D eigenvalue weighted by molar-refractivity contribution is 0.541. The van der Waals surface area contributed by atoms with Gasteiger partial charge in [-0.05, 0) is 50.9 Å². The molecule has 16 heavy (non-hydrogen) atoms. The zero-order valence-corrected chi connectivity index (χ0v) is 10.1. The summed E-state index contributed by atoms with van der Waals surface area (Å²) in [7, 11) is 2.02. The third-order valence-corrected chi connectivity index (χ3v) is 3.37. The fraction of sp³-hybridized carbons (Fsp3) is 0.571. The highest BCUT2D eigenvalue weighted by Gasteiger charge is 2.16. The summed E-state index contributed by atoms with van der Waals surface area (Å²) in [6, 6.07) is 9.38. The molecule has 0 aromatic heterocycles. The smallest absolute Gasteiger partial charge is 0.0374 e. The molecule has 0 saturated heterocycles. The van der Waals surface area contributed by atoms with Crippen LogP contribution in [0.15, 0.2) is 24.3 Å². The van der Waals surface area contributed by atoms with Crippen molar-refractivity contribution in [3.05, 3.63) is 29.8 Å². The van der Waals surface area contributed by atoms with E-state index in [0.29, 0.717) is 6.04 Å². The summed E-state index contributed by atoms with van der Waals surface area (Å²) in [4.78, 5) is 0. The summed E-state index contributed by atoms with van der Waals surface area (Å²) in [5.41, 5.74) is 2.83. The maximum Gasteiger partial charge on any atom is 0.0374 e. The molecule has 0 aliphatic carbocycles. The molecular weight excluding hydrogens is 196 g/mol. The number of aryl methyl sites for hydroxylation is 1. The molecule has 1 atom stereocenters. The Bertz CT molecular complexity index is 322. The second kappa shape index (κ2) is 5.90. The Morgan fingerprint density at radius 2 is 2.19 bits per heavy atom. The van der Waals surface area contributed by atoms with E-state index in [1.54, 1.807) is 0 Å². The Morgan fingerprint density at radius 3 is 3.06 bits per heavy atom. The molecule has 1 aliphatic rings. The fourth-order valence-corrected chi connectivity index (χ4v) is 2.41. The first-order chi connectivity index (χ1) is 7.90. The first kappa shape index (κ1) is 11.5. The molecule has 0 saturated carbocycles. The lowest BCUT2D eigenvalue weighted by Gasteiger charge is -2.27. The molecule has 0 spiro atoms. The van der Waals surface area contributed by atoms with Gasteiger partial charge < -0.3 is 10.6 Å². The second-order valence-electron chi connectivity index (χ2n) is 4.64. The number of para-hydroxylation sites is 1. The van der Waals surface area contributed by atoms with E-state index in [-0.39, 0.29) is 0 Å². The normalized spacial score (nSPS) is 18.9. The highest BCUT2D eigenvalue weighted by molar-refractivity contribution is 5.53. The zero-order chi connectivity index (χ0) is 11.2. The van der Waals surface area contributed by atoms with Crippen molar-refractivity contribution in [3.8, 4) is 0 Å². The maximum atomic E-state index is 3.65. The number of unbranched alkanes of at least 4 members (excludes halogenated alkanes) is 1. The van der Waals surface area contributed by atoms with Gasteiger partial charge in [-0.2, -0.15) is 0 Å². The monoisotopic (exact) mass is 218 g/mol. The van der Waals surface area contributed by atoms with Gasteiger partial charge in [-0.3, -0.25) is 0 Å². The van der Waals surface area contributed by atoms with Crippen LogP contribution in [0.1, 0.15) is 31.2 Å². The molecule has 0 fully saturated rings. The molecule has 1 aliphatic heterocycles. The fourth-order valence-electron chi connectivity index (χ4n) is 2.41. The molecule has 1 aromatic rings. The van der Waals surface area contributed by atoms with Gasteiger partial charge in [-0.15, -0.1) is 0 Å². The second-order valence-corrected chi connectivity index (χ2v) is 4.64. The number of anilines is 1. The van der Waals surface area contributed by atoms with Crippen LogP contribution in [0.5, 0.6) is 0 Å². The van der Waals surface area contributed by atoms with E-state index in [9.17, 15) is 0 Å². The van der Waals surface area contributed by atoms with Gasteiger partial charge in [-0.1, -0.05) is 24.6 Å². The van der Waals surface area contributed by atoms with Gasteiger partial charge in [0.25, 0.3) is 0 Å². The van der Waals surface area contributed by atoms with E-state index < -0.39 is 0 Å². The summed E-state index contributed by atoms with van der Waals surface area (Å²) < 4.78 is 0. The third-order valence-electron chi connectivity index (χ3n) is 3.37. The van der Waals surface area contributed by atoms with Gasteiger partial charge in [0.05, 0.1) is 0 Å². The van der Waals surface area contributed by atoms with Crippen LogP contribution < -0.4 is 10.6 Å². The Hall–Kier alpha value is -1.02. The predicted molar refractivity (Wildman–Crippen MR) is 70.0 cm³/mol. The summed E-state index contributed by atoms with van der Waals surface area (Å²) in [6.07, 6.45) is 6.43. The van der Waals surface area contributed by atoms with E-state index >= 15 is 0 Å². The summed E-state index contributed by atoms with van der Waals surface area (Å²) >= 11 is 0. The van der Waals surface area contributed by atoms with Crippen LogP contribution in [-0.4, -0.2) is 19.6 Å². The van der Waals surface area contributed by atoms with Crippen molar-refractivity contribution < 1.29 is 0 Å². The van der Waals surface area contributed by atoms with Gasteiger partial charge in [0, 0.05) is 11.7 Å². The number of hydrogen-bond donors (Lipinski definition) is 2. The molecule has 0 radical (unpaired) electrons. The Morgan fingerprint density at radius 1 is 1.31 bits per heavy atom. The number of benzene rings is 1. The van der Waals surface area contributed by atoms with Gasteiger partial charge in [0.2, 0.25) is 0 Å². The SMILES string of the molecule is CNCCCCC1CCc2ccccc2N1. The molecule has 1 unspecified atom stereocenters. The van der Waals surface area contributed by atoms with Crippen molar-refractivity contribution >= 4 is 5.69 Å². The highest BCUT2D eigenvalue weighted by atomic mass is 14.9. The Kier molecular flexibility index (Phi) is 4.23. The lowest BCUT2D eigenvalue weighted by Crippen LogP contribution is -2.25. The molecule has 1 heterocycles. The van der Waals surface area contributed by atoms with Crippen LogP contribution in [0.25, 0.3) is 0 Å². The average Bonchev–Trinajstić information content (AvgIpc) is 2.34. The molecular formula is C14H22N2. The summed E-state index contributed by atoms with van der Waals surface area (Å²) in [5.74, 6) is 0. The minimum absolute atomic E-state index is 0.687. The maximum absolute atomic E-state index is 3.65. The van der Waals surface area contributed by atoms with Gasteiger partial charge in [0.1, 0.15) is 0 Å². The minimum atomic E-state index is 0.687. The summed E-state index contributed by atoms with van der Waals surface area (Å²) in [6.45, 7) is 1.14. The molecule has 0 bridgehead atoms. The number of hydrogen-bond acceptors (Lipinski definition) is 2. The largest absolute Gasteiger partial charge is 0.382 e. The van der Waals surface area contributed by atoms with E-state index in [1.807, 2.05) is 7.05 Å². The van der Waals surface area contributed by atoms with E-state index in [0.717, 1.165) is 6.54 Å². The van der Waals surface area contributed by atoms with Gasteiger partial charge in [-0.25, -0.2) is 0 Å². The average molecular weight is 218 g/mol. The molecule has 88 valence electrons. The van der Waals surface area contributed by atoms with Crippen LogP contribution in [-0.2, 0) is 6.42 Å². The van der Waals surface area contributed by atoms with Crippen molar-refractivity contribution in [2.45, 2.75) is 38.1 Å². The van der Waals surface area contributed by atoms with Crippen molar-refractivity contribution in [2.24, 2.45) is 0 Å². The van der Waals surface area contributed by atoms with Crippen LogP contribution >= 0.6 is 0 Å². The van der Waals surface area contributed by atoms with Crippen LogP contribution in [0.2, 0.25) is 0 Å². The van der Waals surface area contributed by atoms with Gasteiger partial charge >= 0.3 is 0 Å². The van der Waals surface area contributed by atoms with Crippen molar-refractivity contribution in [1.29, 1.82) is 0 Å². The van der Waals surface area contributed by atoms with Crippen molar-refractivity contribution in [1.82, 2.24) is 5.32 Å². The quantitative estimate of drug-likeness (QED) is 0.743. The number of nitrogens with one attached hydrogen (secondary N) is 2. The van der Waals surface area contributed by atoms with E-state index in [4.69, 9.17) is 0 Å². The molecule has 2 rings (SSSR count). The van der Waals surface area contributed by atoms with Crippen LogP contribution in [0.4, 0.5) is 5.69 Å². The molecule has 2 N–H and O–H groups in total. The standard InChI is InChI=1S/C14H22N2/c1-15-11-5-4-7-13-10-9-12-6-2-3-8-14(12)16-13/h2-3,6,8,13,15-16H,4-5,7,9-11H2,1H3. The molecule has 2 heteroatoms.